The molecule has 0 aliphatic heterocycles. The quantitative estimate of drug-likeness (QED) is 0.898. The van der Waals surface area contributed by atoms with E-state index in [1.54, 1.807) is 25.3 Å². The molecule has 1 unspecified atom stereocenters. The predicted octanol–water partition coefficient (Wildman–Crippen LogP) is 2.54. The fourth-order valence-electron chi connectivity index (χ4n) is 1.53. The van der Waals surface area contributed by atoms with E-state index in [-0.39, 0.29) is 12.5 Å². The highest BCUT2D eigenvalue weighted by atomic mass is 79.9. The number of aromatic nitrogens is 1. The van der Waals surface area contributed by atoms with Gasteiger partial charge in [-0.15, -0.1) is 11.3 Å². The van der Waals surface area contributed by atoms with Crippen molar-refractivity contribution in [1.29, 1.82) is 0 Å². The fourth-order valence-corrected chi connectivity index (χ4v) is 2.55. The van der Waals surface area contributed by atoms with Gasteiger partial charge in [0.1, 0.15) is 11.3 Å². The van der Waals surface area contributed by atoms with Crippen LogP contribution in [0.25, 0.3) is 0 Å². The van der Waals surface area contributed by atoms with E-state index in [9.17, 15) is 9.90 Å². The normalized spacial score (nSPS) is 13.8. The summed E-state index contributed by atoms with van der Waals surface area (Å²) in [5, 5.41) is 14.9. The molecule has 0 aliphatic rings. The molecule has 0 spiro atoms. The second-order valence-corrected chi connectivity index (χ2v) is 6.16. The smallest absolute Gasteiger partial charge is 0.269 e. The Hall–Kier alpha value is -1.24. The SMILES string of the molecule is CC(O)(CNC(=O)c1ccc(Br)cn1)c1cccs1. The van der Waals surface area contributed by atoms with Crippen molar-refractivity contribution in [2.24, 2.45) is 0 Å². The molecule has 0 aliphatic carbocycles. The Morgan fingerprint density at radius 3 is 2.89 bits per heavy atom. The summed E-state index contributed by atoms with van der Waals surface area (Å²) in [5.74, 6) is -0.302. The van der Waals surface area contributed by atoms with E-state index < -0.39 is 5.60 Å². The summed E-state index contributed by atoms with van der Waals surface area (Å²) in [6.07, 6.45) is 1.56. The maximum atomic E-state index is 11.9. The summed E-state index contributed by atoms with van der Waals surface area (Å²) in [7, 11) is 0. The molecule has 0 radical (unpaired) electrons. The molecule has 6 heteroatoms. The van der Waals surface area contributed by atoms with Crippen molar-refractivity contribution in [1.82, 2.24) is 10.3 Å². The Kier molecular flexibility index (Phi) is 4.34. The number of aliphatic hydroxyl groups is 1. The minimum atomic E-state index is -1.07. The lowest BCUT2D eigenvalue weighted by molar-refractivity contribution is 0.0555. The lowest BCUT2D eigenvalue weighted by Gasteiger charge is -2.22. The zero-order valence-electron chi connectivity index (χ0n) is 10.3. The monoisotopic (exact) mass is 340 g/mol. The number of nitrogens with one attached hydrogen (secondary N) is 1. The van der Waals surface area contributed by atoms with Gasteiger partial charge in [0.25, 0.3) is 5.91 Å². The van der Waals surface area contributed by atoms with Gasteiger partial charge in [-0.2, -0.15) is 0 Å². The molecule has 1 atom stereocenters. The van der Waals surface area contributed by atoms with Crippen LogP contribution >= 0.6 is 27.3 Å². The Labute approximate surface area is 123 Å². The summed E-state index contributed by atoms with van der Waals surface area (Å²) >= 11 is 4.71. The van der Waals surface area contributed by atoms with Gasteiger partial charge in [0.15, 0.2) is 0 Å². The van der Waals surface area contributed by atoms with E-state index in [0.29, 0.717) is 5.69 Å². The maximum absolute atomic E-state index is 11.9. The highest BCUT2D eigenvalue weighted by molar-refractivity contribution is 9.10. The van der Waals surface area contributed by atoms with Crippen LogP contribution in [-0.4, -0.2) is 22.5 Å². The van der Waals surface area contributed by atoms with Crippen LogP contribution in [0.1, 0.15) is 22.3 Å². The first-order valence-corrected chi connectivity index (χ1v) is 7.32. The van der Waals surface area contributed by atoms with Crippen LogP contribution in [0, 0.1) is 0 Å². The lowest BCUT2D eigenvalue weighted by Crippen LogP contribution is -2.38. The van der Waals surface area contributed by atoms with Gasteiger partial charge in [-0.05, 0) is 46.4 Å². The van der Waals surface area contributed by atoms with Gasteiger partial charge in [0.2, 0.25) is 0 Å². The van der Waals surface area contributed by atoms with Crippen molar-refractivity contribution in [3.8, 4) is 0 Å². The zero-order chi connectivity index (χ0) is 13.9. The molecule has 100 valence electrons. The van der Waals surface area contributed by atoms with Gasteiger partial charge < -0.3 is 10.4 Å². The number of rotatable bonds is 4. The van der Waals surface area contributed by atoms with Crippen LogP contribution in [0.3, 0.4) is 0 Å². The first-order valence-electron chi connectivity index (χ1n) is 5.65. The Morgan fingerprint density at radius 2 is 2.32 bits per heavy atom. The number of pyridine rings is 1. The number of carbonyl (C=O) groups excluding carboxylic acids is 1. The van der Waals surface area contributed by atoms with Crippen molar-refractivity contribution in [3.05, 3.63) is 50.9 Å². The van der Waals surface area contributed by atoms with Gasteiger partial charge in [-0.1, -0.05) is 6.07 Å². The van der Waals surface area contributed by atoms with Crippen LogP contribution in [-0.2, 0) is 5.60 Å². The van der Waals surface area contributed by atoms with Gasteiger partial charge >= 0.3 is 0 Å². The first-order chi connectivity index (χ1) is 8.99. The van der Waals surface area contributed by atoms with Gasteiger partial charge in [-0.25, -0.2) is 4.98 Å². The highest BCUT2D eigenvalue weighted by Crippen LogP contribution is 2.24. The molecule has 0 bridgehead atoms. The highest BCUT2D eigenvalue weighted by Gasteiger charge is 2.25. The van der Waals surface area contributed by atoms with E-state index >= 15 is 0 Å². The van der Waals surface area contributed by atoms with E-state index in [1.807, 2.05) is 17.5 Å². The predicted molar refractivity (Wildman–Crippen MR) is 78.2 cm³/mol. The zero-order valence-corrected chi connectivity index (χ0v) is 12.7. The molecule has 2 aromatic heterocycles. The number of halogens is 1. The summed E-state index contributed by atoms with van der Waals surface area (Å²) in [6, 6.07) is 7.08. The third-order valence-corrected chi connectivity index (χ3v) is 4.20. The van der Waals surface area contributed by atoms with Crippen molar-refractivity contribution >= 4 is 33.2 Å². The molecule has 2 N–H and O–H groups in total. The standard InChI is InChI=1S/C13H13BrN2O2S/c1-13(18,11-3-2-6-19-11)8-16-12(17)10-5-4-9(14)7-15-10/h2-7,18H,8H2,1H3,(H,16,17). The minimum absolute atomic E-state index is 0.143. The number of hydrogen-bond donors (Lipinski definition) is 2. The van der Waals surface area contributed by atoms with Gasteiger partial charge in [0, 0.05) is 15.5 Å². The molecule has 0 aromatic carbocycles. The van der Waals surface area contributed by atoms with Crippen LogP contribution in [0.4, 0.5) is 0 Å². The van der Waals surface area contributed by atoms with Crippen LogP contribution in [0.15, 0.2) is 40.3 Å². The third-order valence-electron chi connectivity index (χ3n) is 2.61. The second kappa shape index (κ2) is 5.81. The molecule has 0 saturated carbocycles. The first kappa shape index (κ1) is 14.2. The topological polar surface area (TPSA) is 62.2 Å². The average Bonchev–Trinajstić information content (AvgIpc) is 2.91. The molecule has 0 fully saturated rings. The van der Waals surface area contributed by atoms with Crippen molar-refractivity contribution in [3.63, 3.8) is 0 Å². The maximum Gasteiger partial charge on any atom is 0.269 e. The van der Waals surface area contributed by atoms with Crippen molar-refractivity contribution in [2.45, 2.75) is 12.5 Å². The van der Waals surface area contributed by atoms with Crippen molar-refractivity contribution in [2.75, 3.05) is 6.54 Å². The number of amides is 1. The number of hydrogen-bond acceptors (Lipinski definition) is 4. The van der Waals surface area contributed by atoms with Gasteiger partial charge in [0.05, 0.1) is 6.54 Å². The Balaban J connectivity index is 1.99. The number of carbonyl (C=O) groups is 1. The Morgan fingerprint density at radius 1 is 1.53 bits per heavy atom. The van der Waals surface area contributed by atoms with Crippen LogP contribution < -0.4 is 5.32 Å². The van der Waals surface area contributed by atoms with Crippen LogP contribution in [0.5, 0.6) is 0 Å². The molecular weight excluding hydrogens is 328 g/mol. The molecular formula is C13H13BrN2O2S. The summed E-state index contributed by atoms with van der Waals surface area (Å²) < 4.78 is 0.814. The van der Waals surface area contributed by atoms with E-state index in [1.165, 1.54) is 11.3 Å². The molecule has 4 nitrogen and oxygen atoms in total. The average molecular weight is 341 g/mol. The second-order valence-electron chi connectivity index (χ2n) is 4.30. The summed E-state index contributed by atoms with van der Waals surface area (Å²) in [4.78, 5) is 16.7. The fraction of sp³-hybridized carbons (Fsp3) is 0.231. The summed E-state index contributed by atoms with van der Waals surface area (Å²) in [5.41, 5.74) is -0.746. The molecule has 2 rings (SSSR count). The molecule has 0 saturated heterocycles. The molecule has 19 heavy (non-hydrogen) atoms. The van der Waals surface area contributed by atoms with E-state index in [0.717, 1.165) is 9.35 Å². The van der Waals surface area contributed by atoms with Crippen LogP contribution in [0.2, 0.25) is 0 Å². The van der Waals surface area contributed by atoms with E-state index in [4.69, 9.17) is 0 Å². The lowest BCUT2D eigenvalue weighted by atomic mass is 10.1. The summed E-state index contributed by atoms with van der Waals surface area (Å²) in [6.45, 7) is 1.82. The van der Waals surface area contributed by atoms with E-state index in [2.05, 4.69) is 26.2 Å². The largest absolute Gasteiger partial charge is 0.383 e. The molecule has 2 aromatic rings. The molecule has 2 heterocycles. The van der Waals surface area contributed by atoms with Gasteiger partial charge in [-0.3, -0.25) is 4.79 Å². The third kappa shape index (κ3) is 3.62. The number of nitrogens with zero attached hydrogens (tertiary/aromatic N) is 1. The minimum Gasteiger partial charge on any atom is -0.383 e. The molecule has 1 amide bonds. The Bertz CT molecular complexity index is 553. The van der Waals surface area contributed by atoms with Crippen molar-refractivity contribution < 1.29 is 9.90 Å². The number of thiophene rings is 1.